The molecule has 2 nitrogen and oxygen atoms in total. The lowest BCUT2D eigenvalue weighted by molar-refractivity contribution is -0.150. The summed E-state index contributed by atoms with van der Waals surface area (Å²) in [6.07, 6.45) is -3.15. The molecule has 0 aliphatic heterocycles. The van der Waals surface area contributed by atoms with Crippen LogP contribution in [0.25, 0.3) is 0 Å². The molecule has 0 aromatic carbocycles. The van der Waals surface area contributed by atoms with E-state index in [1.54, 1.807) is 13.0 Å². The highest BCUT2D eigenvalue weighted by atomic mass is 79.9. The number of pyridine rings is 1. The molecule has 1 heterocycles. The van der Waals surface area contributed by atoms with Crippen molar-refractivity contribution in [2.45, 2.75) is 19.1 Å². The molecule has 0 spiro atoms. The molecule has 0 aliphatic carbocycles. The van der Waals surface area contributed by atoms with Gasteiger partial charge in [0.2, 0.25) is 0 Å². The van der Waals surface area contributed by atoms with Crippen LogP contribution in [0.15, 0.2) is 16.7 Å². The summed E-state index contributed by atoms with van der Waals surface area (Å²) >= 11 is 3.11. The first kappa shape index (κ1) is 11.5. The van der Waals surface area contributed by atoms with E-state index in [0.29, 0.717) is 10.0 Å². The fraction of sp³-hybridized carbons (Fsp3) is 0.375. The molecule has 2 N–H and O–H groups in total. The number of nitrogens with two attached hydrogens (primary N) is 1. The number of rotatable bonds is 1. The van der Waals surface area contributed by atoms with Gasteiger partial charge in [0.25, 0.3) is 0 Å². The monoisotopic (exact) mass is 268 g/mol. The largest absolute Gasteiger partial charge is 0.409 e. The molecular weight excluding hydrogens is 261 g/mol. The van der Waals surface area contributed by atoms with Gasteiger partial charge in [-0.15, -0.1) is 0 Å². The van der Waals surface area contributed by atoms with Crippen LogP contribution < -0.4 is 5.73 Å². The maximum atomic E-state index is 12.2. The van der Waals surface area contributed by atoms with Crippen molar-refractivity contribution in [2.75, 3.05) is 0 Å². The minimum Gasteiger partial charge on any atom is -0.315 e. The van der Waals surface area contributed by atoms with Crippen LogP contribution in [0.4, 0.5) is 13.2 Å². The maximum Gasteiger partial charge on any atom is 0.409 e. The molecule has 0 radical (unpaired) electrons. The molecule has 1 rings (SSSR count). The summed E-state index contributed by atoms with van der Waals surface area (Å²) < 4.78 is 37.3. The minimum atomic E-state index is -4.45. The molecule has 14 heavy (non-hydrogen) atoms. The van der Waals surface area contributed by atoms with Crippen molar-refractivity contribution in [1.82, 2.24) is 4.98 Å². The summed E-state index contributed by atoms with van der Waals surface area (Å²) in [4.78, 5) is 3.65. The van der Waals surface area contributed by atoms with Crippen LogP contribution in [-0.4, -0.2) is 11.2 Å². The van der Waals surface area contributed by atoms with Gasteiger partial charge in [0.1, 0.15) is 6.04 Å². The van der Waals surface area contributed by atoms with Crippen LogP contribution in [0.2, 0.25) is 0 Å². The van der Waals surface area contributed by atoms with Crippen LogP contribution in [0, 0.1) is 6.92 Å². The molecular formula is C8H8BrF3N2. The Morgan fingerprint density at radius 3 is 2.50 bits per heavy atom. The zero-order valence-corrected chi connectivity index (χ0v) is 8.85. The van der Waals surface area contributed by atoms with E-state index in [2.05, 4.69) is 20.9 Å². The van der Waals surface area contributed by atoms with Crippen molar-refractivity contribution in [3.63, 3.8) is 0 Å². The predicted molar refractivity (Wildman–Crippen MR) is 49.7 cm³/mol. The molecule has 0 fully saturated rings. The highest BCUT2D eigenvalue weighted by Crippen LogP contribution is 2.31. The number of hydrogen-bond acceptors (Lipinski definition) is 2. The maximum absolute atomic E-state index is 12.2. The lowest BCUT2D eigenvalue weighted by atomic mass is 10.1. The van der Waals surface area contributed by atoms with Gasteiger partial charge in [-0.3, -0.25) is 4.98 Å². The average Bonchev–Trinajstić information content (AvgIpc) is 2.01. The number of nitrogens with zero attached hydrogens (tertiary/aromatic N) is 1. The quantitative estimate of drug-likeness (QED) is 0.851. The van der Waals surface area contributed by atoms with Gasteiger partial charge in [0.05, 0.1) is 5.69 Å². The lowest BCUT2D eigenvalue weighted by Crippen LogP contribution is -2.30. The Morgan fingerprint density at radius 2 is 2.07 bits per heavy atom. The highest BCUT2D eigenvalue weighted by molar-refractivity contribution is 9.10. The first-order valence-electron chi connectivity index (χ1n) is 3.76. The summed E-state index contributed by atoms with van der Waals surface area (Å²) in [7, 11) is 0. The van der Waals surface area contributed by atoms with Crippen molar-refractivity contribution in [3.05, 3.63) is 28.0 Å². The number of hydrogen-bond donors (Lipinski definition) is 1. The lowest BCUT2D eigenvalue weighted by Gasteiger charge is -2.16. The second-order valence-corrected chi connectivity index (χ2v) is 3.79. The van der Waals surface area contributed by atoms with E-state index in [-0.39, 0.29) is 5.69 Å². The highest BCUT2D eigenvalue weighted by Gasteiger charge is 2.39. The van der Waals surface area contributed by atoms with E-state index in [1.165, 1.54) is 6.20 Å². The minimum absolute atomic E-state index is 0.138. The molecule has 0 amide bonds. The van der Waals surface area contributed by atoms with Gasteiger partial charge in [0.15, 0.2) is 0 Å². The van der Waals surface area contributed by atoms with Crippen LogP contribution in [0.1, 0.15) is 17.3 Å². The van der Waals surface area contributed by atoms with Gasteiger partial charge in [-0.1, -0.05) is 0 Å². The Hall–Kier alpha value is -0.620. The molecule has 0 aliphatic rings. The van der Waals surface area contributed by atoms with Crippen LogP contribution in [0.5, 0.6) is 0 Å². The first-order chi connectivity index (χ1) is 6.32. The van der Waals surface area contributed by atoms with Crippen molar-refractivity contribution in [3.8, 4) is 0 Å². The van der Waals surface area contributed by atoms with E-state index in [0.717, 1.165) is 0 Å². The Bertz CT molecular complexity index is 338. The van der Waals surface area contributed by atoms with E-state index in [9.17, 15) is 13.2 Å². The smallest absolute Gasteiger partial charge is 0.315 e. The Morgan fingerprint density at radius 1 is 1.50 bits per heavy atom. The molecule has 0 unspecified atom stereocenters. The van der Waals surface area contributed by atoms with E-state index >= 15 is 0 Å². The fourth-order valence-electron chi connectivity index (χ4n) is 1.03. The van der Waals surface area contributed by atoms with Gasteiger partial charge >= 0.3 is 6.18 Å². The second-order valence-electron chi connectivity index (χ2n) is 2.87. The molecule has 0 saturated heterocycles. The van der Waals surface area contributed by atoms with Gasteiger partial charge in [-0.05, 0) is 34.5 Å². The third kappa shape index (κ3) is 2.45. The van der Waals surface area contributed by atoms with Crippen molar-refractivity contribution < 1.29 is 13.2 Å². The normalized spacial score (nSPS) is 14.1. The SMILES string of the molecule is Cc1cc(Br)cnc1[C@@H](N)C(F)(F)F. The summed E-state index contributed by atoms with van der Waals surface area (Å²) in [6, 6.07) is -0.468. The van der Waals surface area contributed by atoms with Gasteiger partial charge in [0, 0.05) is 10.7 Å². The van der Waals surface area contributed by atoms with Crippen LogP contribution >= 0.6 is 15.9 Å². The van der Waals surface area contributed by atoms with Gasteiger partial charge in [-0.2, -0.15) is 13.2 Å². The molecule has 1 atom stereocenters. The third-order valence-electron chi connectivity index (χ3n) is 1.73. The first-order valence-corrected chi connectivity index (χ1v) is 4.56. The third-order valence-corrected chi connectivity index (χ3v) is 2.17. The zero-order valence-electron chi connectivity index (χ0n) is 7.27. The number of halogens is 4. The average molecular weight is 269 g/mol. The topological polar surface area (TPSA) is 38.9 Å². The van der Waals surface area contributed by atoms with Crippen molar-refractivity contribution >= 4 is 15.9 Å². The van der Waals surface area contributed by atoms with Gasteiger partial charge < -0.3 is 5.73 Å². The van der Waals surface area contributed by atoms with Crippen molar-refractivity contribution in [2.24, 2.45) is 5.73 Å². The van der Waals surface area contributed by atoms with Crippen LogP contribution in [0.3, 0.4) is 0 Å². The second kappa shape index (κ2) is 3.86. The Balaban J connectivity index is 3.08. The standard InChI is InChI=1S/C8H8BrF3N2/c1-4-2-5(9)3-14-6(4)7(13)8(10,11)12/h2-3,7H,13H2,1H3/t7-/m1/s1. The summed E-state index contributed by atoms with van der Waals surface area (Å²) in [5.41, 5.74) is 5.30. The molecule has 1 aromatic rings. The Labute approximate surface area is 87.4 Å². The van der Waals surface area contributed by atoms with E-state index in [1.807, 2.05) is 0 Å². The zero-order chi connectivity index (χ0) is 10.9. The summed E-state index contributed by atoms with van der Waals surface area (Å²) in [5.74, 6) is 0. The molecule has 0 saturated carbocycles. The number of aryl methyl sites for hydroxylation is 1. The fourth-order valence-corrected chi connectivity index (χ4v) is 1.48. The molecule has 1 aromatic heterocycles. The number of aromatic nitrogens is 1. The number of alkyl halides is 3. The van der Waals surface area contributed by atoms with E-state index < -0.39 is 12.2 Å². The van der Waals surface area contributed by atoms with E-state index in [4.69, 9.17) is 5.73 Å². The van der Waals surface area contributed by atoms with Gasteiger partial charge in [-0.25, -0.2) is 0 Å². The predicted octanol–water partition coefficient (Wildman–Crippen LogP) is 2.71. The summed E-state index contributed by atoms with van der Waals surface area (Å²) in [5, 5.41) is 0. The molecule has 78 valence electrons. The molecule has 6 heteroatoms. The molecule has 0 bridgehead atoms. The summed E-state index contributed by atoms with van der Waals surface area (Å²) in [6.45, 7) is 1.54. The Kier molecular flexibility index (Phi) is 3.16. The van der Waals surface area contributed by atoms with Crippen molar-refractivity contribution in [1.29, 1.82) is 0 Å². The van der Waals surface area contributed by atoms with Crippen LogP contribution in [-0.2, 0) is 0 Å².